The molecule has 0 saturated carbocycles. The van der Waals surface area contributed by atoms with Gasteiger partial charge in [-0.25, -0.2) is 0 Å². The van der Waals surface area contributed by atoms with E-state index in [-0.39, 0.29) is 18.5 Å². The van der Waals surface area contributed by atoms with Gasteiger partial charge in [0.25, 0.3) is 0 Å². The van der Waals surface area contributed by atoms with Gasteiger partial charge in [0, 0.05) is 12.6 Å². The number of nitrogens with one attached hydrogen (secondary N) is 1. The van der Waals surface area contributed by atoms with E-state index in [1.54, 1.807) is 25.1 Å². The lowest BCUT2D eigenvalue weighted by molar-refractivity contribution is -0.118. The highest BCUT2D eigenvalue weighted by atomic mass is 35.5. The lowest BCUT2D eigenvalue weighted by Gasteiger charge is -2.27. The molecule has 1 aromatic rings. The van der Waals surface area contributed by atoms with Gasteiger partial charge in [-0.2, -0.15) is 0 Å². The van der Waals surface area contributed by atoms with Crippen LogP contribution >= 0.6 is 23.2 Å². The molecule has 1 aromatic carbocycles. The minimum absolute atomic E-state index is 0.158. The first kappa shape index (κ1) is 17.2. The Labute approximate surface area is 129 Å². The zero-order valence-corrected chi connectivity index (χ0v) is 13.4. The molecular weight excluding hydrogens is 299 g/mol. The van der Waals surface area contributed by atoms with Gasteiger partial charge in [-0.05, 0) is 32.9 Å². The zero-order valence-electron chi connectivity index (χ0n) is 11.9. The second-order valence-electron chi connectivity index (χ2n) is 5.02. The van der Waals surface area contributed by atoms with Crippen LogP contribution in [0.2, 0.25) is 10.0 Å². The molecule has 112 valence electrons. The van der Waals surface area contributed by atoms with Crippen LogP contribution in [-0.4, -0.2) is 41.1 Å². The summed E-state index contributed by atoms with van der Waals surface area (Å²) in [5.74, 6) is -0.191. The lowest BCUT2D eigenvalue weighted by atomic mass is 10.2. The SMILES string of the molecule is CC(O)CN(CC(=O)Nc1cccc(Cl)c1Cl)C(C)C. The normalized spacial score (nSPS) is 12.8. The summed E-state index contributed by atoms with van der Waals surface area (Å²) < 4.78 is 0. The van der Waals surface area contributed by atoms with Gasteiger partial charge in [0.2, 0.25) is 5.91 Å². The molecule has 0 saturated heterocycles. The van der Waals surface area contributed by atoms with E-state index < -0.39 is 6.10 Å². The minimum atomic E-state index is -0.486. The van der Waals surface area contributed by atoms with Gasteiger partial charge < -0.3 is 10.4 Å². The predicted octanol–water partition coefficient (Wildman–Crippen LogP) is 3.02. The summed E-state index contributed by atoms with van der Waals surface area (Å²) in [7, 11) is 0. The number of rotatable bonds is 6. The quantitative estimate of drug-likeness (QED) is 0.847. The number of nitrogens with zero attached hydrogens (tertiary/aromatic N) is 1. The van der Waals surface area contributed by atoms with Crippen molar-refractivity contribution < 1.29 is 9.90 Å². The number of carbonyl (C=O) groups is 1. The van der Waals surface area contributed by atoms with Crippen molar-refractivity contribution in [2.45, 2.75) is 32.9 Å². The van der Waals surface area contributed by atoms with Crippen LogP contribution < -0.4 is 5.32 Å². The molecule has 1 amide bonds. The first-order valence-electron chi connectivity index (χ1n) is 6.47. The maximum Gasteiger partial charge on any atom is 0.238 e. The average Bonchev–Trinajstić information content (AvgIpc) is 2.33. The zero-order chi connectivity index (χ0) is 15.3. The van der Waals surface area contributed by atoms with Crippen molar-refractivity contribution in [3.63, 3.8) is 0 Å². The van der Waals surface area contributed by atoms with E-state index in [1.807, 2.05) is 18.7 Å². The van der Waals surface area contributed by atoms with Crippen molar-refractivity contribution in [3.05, 3.63) is 28.2 Å². The largest absolute Gasteiger partial charge is 0.392 e. The van der Waals surface area contributed by atoms with E-state index in [0.717, 1.165) is 0 Å². The van der Waals surface area contributed by atoms with Crippen LogP contribution in [0.5, 0.6) is 0 Å². The number of benzene rings is 1. The van der Waals surface area contributed by atoms with Crippen LogP contribution in [0.1, 0.15) is 20.8 Å². The molecule has 0 radical (unpaired) electrons. The van der Waals surface area contributed by atoms with Gasteiger partial charge in [0.05, 0.1) is 28.4 Å². The highest BCUT2D eigenvalue weighted by molar-refractivity contribution is 6.43. The van der Waals surface area contributed by atoms with Gasteiger partial charge in [-0.3, -0.25) is 9.69 Å². The number of hydrogen-bond acceptors (Lipinski definition) is 3. The predicted molar refractivity (Wildman–Crippen MR) is 83.5 cm³/mol. The molecule has 0 aliphatic heterocycles. The number of carbonyl (C=O) groups excluding carboxylic acids is 1. The Balaban J connectivity index is 2.68. The fourth-order valence-electron chi connectivity index (χ4n) is 1.77. The topological polar surface area (TPSA) is 52.6 Å². The maximum atomic E-state index is 12.0. The number of halogens is 2. The molecule has 1 unspecified atom stereocenters. The van der Waals surface area contributed by atoms with Crippen molar-refractivity contribution in [1.29, 1.82) is 0 Å². The van der Waals surface area contributed by atoms with Gasteiger partial charge in [-0.15, -0.1) is 0 Å². The third kappa shape index (κ3) is 5.29. The summed E-state index contributed by atoms with van der Waals surface area (Å²) in [6.45, 7) is 6.27. The lowest BCUT2D eigenvalue weighted by Crippen LogP contribution is -2.41. The van der Waals surface area contributed by atoms with Crippen molar-refractivity contribution in [1.82, 2.24) is 4.90 Å². The van der Waals surface area contributed by atoms with Gasteiger partial charge >= 0.3 is 0 Å². The third-order valence-electron chi connectivity index (χ3n) is 2.80. The standard InChI is InChI=1S/C14H20Cl2N2O2/c1-9(2)18(7-10(3)19)8-13(20)17-12-6-4-5-11(15)14(12)16/h4-6,9-10,19H,7-8H2,1-3H3,(H,17,20). The van der Waals surface area contributed by atoms with Crippen LogP contribution in [0, 0.1) is 0 Å². The maximum absolute atomic E-state index is 12.0. The molecule has 4 nitrogen and oxygen atoms in total. The molecule has 0 aromatic heterocycles. The number of hydrogen-bond donors (Lipinski definition) is 2. The number of amides is 1. The van der Waals surface area contributed by atoms with Crippen molar-refractivity contribution in [2.75, 3.05) is 18.4 Å². The van der Waals surface area contributed by atoms with Crippen LogP contribution in [0.25, 0.3) is 0 Å². The first-order valence-corrected chi connectivity index (χ1v) is 7.22. The smallest absolute Gasteiger partial charge is 0.238 e. The molecule has 0 aliphatic rings. The van der Waals surface area contributed by atoms with E-state index in [4.69, 9.17) is 23.2 Å². The Morgan fingerprint density at radius 3 is 2.55 bits per heavy atom. The average molecular weight is 319 g/mol. The Morgan fingerprint density at radius 1 is 1.35 bits per heavy atom. The molecule has 2 N–H and O–H groups in total. The van der Waals surface area contributed by atoms with Gasteiger partial charge in [0.1, 0.15) is 0 Å². The molecule has 0 bridgehead atoms. The molecule has 0 aliphatic carbocycles. The molecule has 6 heteroatoms. The van der Waals surface area contributed by atoms with Crippen LogP contribution in [0.4, 0.5) is 5.69 Å². The molecule has 0 fully saturated rings. The first-order chi connectivity index (χ1) is 9.31. The molecule has 1 atom stereocenters. The number of aliphatic hydroxyl groups excluding tert-OH is 1. The summed E-state index contributed by atoms with van der Waals surface area (Å²) in [5, 5.41) is 12.9. The molecule has 20 heavy (non-hydrogen) atoms. The van der Waals surface area contributed by atoms with Crippen LogP contribution in [0.3, 0.4) is 0 Å². The summed E-state index contributed by atoms with van der Waals surface area (Å²) in [6.07, 6.45) is -0.486. The van der Waals surface area contributed by atoms with Crippen molar-refractivity contribution in [3.8, 4) is 0 Å². The van der Waals surface area contributed by atoms with E-state index in [9.17, 15) is 9.90 Å². The molecule has 0 spiro atoms. The molecule has 0 heterocycles. The third-order valence-corrected chi connectivity index (χ3v) is 3.62. The monoisotopic (exact) mass is 318 g/mol. The highest BCUT2D eigenvalue weighted by Crippen LogP contribution is 2.29. The molecular formula is C14H20Cl2N2O2. The van der Waals surface area contributed by atoms with Crippen molar-refractivity contribution >= 4 is 34.8 Å². The number of aliphatic hydroxyl groups is 1. The summed E-state index contributed by atoms with van der Waals surface area (Å²) in [4.78, 5) is 13.9. The highest BCUT2D eigenvalue weighted by Gasteiger charge is 2.17. The van der Waals surface area contributed by atoms with Gasteiger partial charge in [-0.1, -0.05) is 29.3 Å². The van der Waals surface area contributed by atoms with Crippen LogP contribution in [-0.2, 0) is 4.79 Å². The Bertz CT molecular complexity index is 464. The van der Waals surface area contributed by atoms with E-state index >= 15 is 0 Å². The van der Waals surface area contributed by atoms with Crippen molar-refractivity contribution in [2.24, 2.45) is 0 Å². The fraction of sp³-hybridized carbons (Fsp3) is 0.500. The Kier molecular flexibility index (Phi) is 6.76. The molecule has 1 rings (SSSR count). The second-order valence-corrected chi connectivity index (χ2v) is 5.81. The summed E-state index contributed by atoms with van der Waals surface area (Å²) >= 11 is 11.9. The fourth-order valence-corrected chi connectivity index (χ4v) is 2.12. The van der Waals surface area contributed by atoms with E-state index in [0.29, 0.717) is 22.3 Å². The van der Waals surface area contributed by atoms with E-state index in [1.165, 1.54) is 0 Å². The Hall–Kier alpha value is -0.810. The summed E-state index contributed by atoms with van der Waals surface area (Å²) in [5.41, 5.74) is 0.491. The summed E-state index contributed by atoms with van der Waals surface area (Å²) in [6, 6.07) is 5.23. The minimum Gasteiger partial charge on any atom is -0.392 e. The van der Waals surface area contributed by atoms with Crippen LogP contribution in [0.15, 0.2) is 18.2 Å². The Morgan fingerprint density at radius 2 is 2.00 bits per heavy atom. The number of anilines is 1. The second kappa shape index (κ2) is 7.84. The van der Waals surface area contributed by atoms with Gasteiger partial charge in [0.15, 0.2) is 0 Å². The van der Waals surface area contributed by atoms with E-state index in [2.05, 4.69) is 5.32 Å².